The van der Waals surface area contributed by atoms with Crippen molar-refractivity contribution in [2.75, 3.05) is 0 Å². The first kappa shape index (κ1) is 12.0. The molecule has 0 radical (unpaired) electrons. The lowest BCUT2D eigenvalue weighted by atomic mass is 10.3. The number of H-pyrrole nitrogens is 1. The molecule has 0 atom stereocenters. The van der Waals surface area contributed by atoms with Crippen LogP contribution in [0.2, 0.25) is 0 Å². The quantitative estimate of drug-likeness (QED) is 0.778. The van der Waals surface area contributed by atoms with E-state index in [0.29, 0.717) is 0 Å². The minimum atomic E-state index is -1.20. The Bertz CT molecular complexity index is 523. The smallest absolute Gasteiger partial charge is 0.332 e. The standard InChI is InChI=1S/C10H10F2N2O2/c1-6(3-4-8(12)7(2)11)14-9(15)5-13-10(14)16/h3-5,15H,2H2,1H3,(H,13,16). The Balaban J connectivity index is 3.08. The normalized spacial score (nSPS) is 12.9. The van der Waals surface area contributed by atoms with E-state index in [1.807, 2.05) is 0 Å². The van der Waals surface area contributed by atoms with Gasteiger partial charge in [-0.2, -0.15) is 0 Å². The number of nitrogens with one attached hydrogen (secondary N) is 1. The highest BCUT2D eigenvalue weighted by molar-refractivity contribution is 5.48. The predicted octanol–water partition coefficient (Wildman–Crippen LogP) is 2.08. The zero-order valence-electron chi connectivity index (χ0n) is 8.50. The molecule has 0 saturated heterocycles. The number of rotatable bonds is 3. The second-order valence-corrected chi connectivity index (χ2v) is 3.01. The maximum atomic E-state index is 12.7. The summed E-state index contributed by atoms with van der Waals surface area (Å²) in [5.41, 5.74) is -0.334. The summed E-state index contributed by atoms with van der Waals surface area (Å²) in [6.07, 6.45) is 3.05. The molecule has 86 valence electrons. The Morgan fingerprint density at radius 3 is 2.62 bits per heavy atom. The lowest BCUT2D eigenvalue weighted by molar-refractivity contribution is 0.442. The summed E-state index contributed by atoms with van der Waals surface area (Å²) < 4.78 is 25.9. The number of halogens is 2. The summed E-state index contributed by atoms with van der Waals surface area (Å²) in [4.78, 5) is 13.4. The molecule has 0 amide bonds. The number of imidazole rings is 1. The molecule has 0 aliphatic heterocycles. The van der Waals surface area contributed by atoms with Crippen molar-refractivity contribution in [3.8, 4) is 5.88 Å². The number of aromatic amines is 1. The average Bonchev–Trinajstić information content (AvgIpc) is 2.54. The first-order valence-corrected chi connectivity index (χ1v) is 4.32. The van der Waals surface area contributed by atoms with Crippen LogP contribution < -0.4 is 5.69 Å². The van der Waals surface area contributed by atoms with Gasteiger partial charge >= 0.3 is 5.69 Å². The summed E-state index contributed by atoms with van der Waals surface area (Å²) in [5.74, 6) is -2.65. The minimum Gasteiger partial charge on any atom is -0.493 e. The molecule has 2 N–H and O–H groups in total. The van der Waals surface area contributed by atoms with Gasteiger partial charge in [0.1, 0.15) is 0 Å². The number of nitrogens with zero attached hydrogens (tertiary/aromatic N) is 1. The first-order valence-electron chi connectivity index (χ1n) is 4.32. The molecule has 0 aromatic carbocycles. The van der Waals surface area contributed by atoms with Crippen LogP contribution in [0, 0.1) is 0 Å². The van der Waals surface area contributed by atoms with Crippen LogP contribution in [0.5, 0.6) is 5.88 Å². The molecule has 6 heteroatoms. The average molecular weight is 228 g/mol. The fraction of sp³-hybridized carbons (Fsp3) is 0.100. The topological polar surface area (TPSA) is 58.0 Å². The number of hydrogen-bond donors (Lipinski definition) is 2. The molecule has 1 rings (SSSR count). The van der Waals surface area contributed by atoms with E-state index < -0.39 is 17.3 Å². The largest absolute Gasteiger partial charge is 0.493 e. The van der Waals surface area contributed by atoms with Crippen molar-refractivity contribution in [1.29, 1.82) is 0 Å². The van der Waals surface area contributed by atoms with E-state index in [-0.39, 0.29) is 11.6 Å². The minimum absolute atomic E-state index is 0.236. The van der Waals surface area contributed by atoms with Gasteiger partial charge in [-0.25, -0.2) is 18.1 Å². The SMILES string of the molecule is C=C(F)C(F)=CC=C(C)n1c(O)c[nH]c1=O. The Kier molecular flexibility index (Phi) is 3.44. The molecule has 0 fully saturated rings. The highest BCUT2D eigenvalue weighted by Gasteiger charge is 2.05. The van der Waals surface area contributed by atoms with E-state index in [1.165, 1.54) is 6.92 Å². The Morgan fingerprint density at radius 1 is 1.56 bits per heavy atom. The van der Waals surface area contributed by atoms with Crippen molar-refractivity contribution in [3.05, 3.63) is 47.1 Å². The number of aromatic hydroxyl groups is 1. The van der Waals surface area contributed by atoms with Crippen molar-refractivity contribution >= 4 is 5.70 Å². The van der Waals surface area contributed by atoms with Gasteiger partial charge in [-0.05, 0) is 19.1 Å². The van der Waals surface area contributed by atoms with Crippen LogP contribution in [-0.4, -0.2) is 14.7 Å². The van der Waals surface area contributed by atoms with Crippen molar-refractivity contribution in [3.63, 3.8) is 0 Å². The van der Waals surface area contributed by atoms with E-state index >= 15 is 0 Å². The third-order valence-electron chi connectivity index (χ3n) is 1.84. The lowest BCUT2D eigenvalue weighted by Crippen LogP contribution is -2.14. The highest BCUT2D eigenvalue weighted by Crippen LogP contribution is 2.14. The maximum Gasteiger partial charge on any atom is 0.332 e. The predicted molar refractivity (Wildman–Crippen MR) is 56.1 cm³/mol. The first-order chi connectivity index (χ1) is 7.43. The third kappa shape index (κ3) is 2.47. The van der Waals surface area contributed by atoms with Crippen molar-refractivity contribution in [2.24, 2.45) is 0 Å². The zero-order valence-corrected chi connectivity index (χ0v) is 8.50. The molecule has 1 heterocycles. The van der Waals surface area contributed by atoms with Gasteiger partial charge in [0, 0.05) is 5.70 Å². The van der Waals surface area contributed by atoms with Crippen molar-refractivity contribution in [2.45, 2.75) is 6.92 Å². The number of hydrogen-bond acceptors (Lipinski definition) is 2. The molecule has 4 nitrogen and oxygen atoms in total. The molecule has 0 aliphatic carbocycles. The molecule has 0 saturated carbocycles. The lowest BCUT2D eigenvalue weighted by Gasteiger charge is -2.00. The molecule has 0 spiro atoms. The van der Waals surface area contributed by atoms with E-state index in [9.17, 15) is 18.7 Å². The van der Waals surface area contributed by atoms with E-state index in [1.54, 1.807) is 0 Å². The van der Waals surface area contributed by atoms with Gasteiger partial charge in [0.25, 0.3) is 0 Å². The van der Waals surface area contributed by atoms with Crippen LogP contribution in [0.1, 0.15) is 6.92 Å². The second kappa shape index (κ2) is 4.61. The Morgan fingerprint density at radius 2 is 2.19 bits per heavy atom. The van der Waals surface area contributed by atoms with E-state index in [4.69, 9.17) is 0 Å². The molecule has 1 aromatic heterocycles. The summed E-state index contributed by atoms with van der Waals surface area (Å²) in [5, 5.41) is 9.26. The molecular formula is C10H10F2N2O2. The summed E-state index contributed by atoms with van der Waals surface area (Å²) >= 11 is 0. The van der Waals surface area contributed by atoms with Crippen LogP contribution in [-0.2, 0) is 0 Å². The van der Waals surface area contributed by atoms with E-state index in [2.05, 4.69) is 11.6 Å². The van der Waals surface area contributed by atoms with Crippen LogP contribution in [0.3, 0.4) is 0 Å². The summed E-state index contributed by atoms with van der Waals surface area (Å²) in [6, 6.07) is 0. The Hall–Kier alpha value is -2.11. The van der Waals surface area contributed by atoms with Gasteiger partial charge in [-0.3, -0.25) is 0 Å². The number of aromatic nitrogens is 2. The second-order valence-electron chi connectivity index (χ2n) is 3.01. The monoisotopic (exact) mass is 228 g/mol. The molecular weight excluding hydrogens is 218 g/mol. The maximum absolute atomic E-state index is 12.7. The molecule has 16 heavy (non-hydrogen) atoms. The van der Waals surface area contributed by atoms with Crippen LogP contribution in [0.15, 0.2) is 41.4 Å². The van der Waals surface area contributed by atoms with Gasteiger partial charge in [0.15, 0.2) is 11.7 Å². The molecule has 0 bridgehead atoms. The summed E-state index contributed by atoms with van der Waals surface area (Å²) in [7, 11) is 0. The van der Waals surface area contributed by atoms with Crippen LogP contribution in [0.4, 0.5) is 8.78 Å². The van der Waals surface area contributed by atoms with Gasteiger partial charge in [-0.1, -0.05) is 6.58 Å². The van der Waals surface area contributed by atoms with Crippen molar-refractivity contribution < 1.29 is 13.9 Å². The molecule has 1 aromatic rings. The Labute approximate surface area is 89.8 Å². The van der Waals surface area contributed by atoms with Crippen molar-refractivity contribution in [1.82, 2.24) is 9.55 Å². The number of allylic oxidation sites excluding steroid dienone is 5. The molecule has 0 unspecified atom stereocenters. The highest BCUT2D eigenvalue weighted by atomic mass is 19.2. The van der Waals surface area contributed by atoms with E-state index in [0.717, 1.165) is 22.9 Å². The van der Waals surface area contributed by atoms with Gasteiger partial charge in [0.05, 0.1) is 6.20 Å². The van der Waals surface area contributed by atoms with Crippen LogP contribution >= 0.6 is 0 Å². The fourth-order valence-corrected chi connectivity index (χ4v) is 1.06. The summed E-state index contributed by atoms with van der Waals surface area (Å²) in [6.45, 7) is 4.23. The zero-order chi connectivity index (χ0) is 12.3. The fourth-order valence-electron chi connectivity index (χ4n) is 1.06. The molecule has 0 aliphatic rings. The van der Waals surface area contributed by atoms with Gasteiger partial charge < -0.3 is 10.1 Å². The van der Waals surface area contributed by atoms with Gasteiger partial charge in [0.2, 0.25) is 5.88 Å². The van der Waals surface area contributed by atoms with Crippen LogP contribution in [0.25, 0.3) is 5.70 Å². The van der Waals surface area contributed by atoms with Gasteiger partial charge in [-0.15, -0.1) is 0 Å². The third-order valence-corrected chi connectivity index (χ3v) is 1.84.